The molecule has 1 aromatic rings. The molecule has 6 nitrogen and oxygen atoms in total. The molecule has 104 valence electrons. The Labute approximate surface area is 111 Å². The molecular formula is C13H18N2O4. The maximum atomic E-state index is 11.4. The van der Waals surface area contributed by atoms with E-state index in [-0.39, 0.29) is 18.7 Å². The van der Waals surface area contributed by atoms with Crippen LogP contribution in [0.1, 0.15) is 25.0 Å². The van der Waals surface area contributed by atoms with Crippen LogP contribution in [0.4, 0.5) is 5.69 Å². The molecule has 19 heavy (non-hydrogen) atoms. The van der Waals surface area contributed by atoms with Crippen LogP contribution in [-0.4, -0.2) is 23.5 Å². The molecule has 1 rings (SSSR count). The molecule has 1 unspecified atom stereocenters. The fraction of sp³-hybridized carbons (Fsp3) is 0.462. The minimum absolute atomic E-state index is 0.0658. The smallest absolute Gasteiger partial charge is 0.323 e. The van der Waals surface area contributed by atoms with Crippen molar-refractivity contribution in [2.75, 3.05) is 6.61 Å². The molecule has 6 heteroatoms. The third kappa shape index (κ3) is 4.03. The van der Waals surface area contributed by atoms with Gasteiger partial charge in [-0.2, -0.15) is 0 Å². The molecular weight excluding hydrogens is 248 g/mol. The van der Waals surface area contributed by atoms with Gasteiger partial charge in [-0.15, -0.1) is 0 Å². The quantitative estimate of drug-likeness (QED) is 0.479. The lowest BCUT2D eigenvalue weighted by Crippen LogP contribution is -2.34. The topological polar surface area (TPSA) is 95.5 Å². The molecule has 0 amide bonds. The number of hydrogen-bond acceptors (Lipinski definition) is 5. The zero-order chi connectivity index (χ0) is 14.4. The number of nitrogens with two attached hydrogens (primary N) is 1. The average molecular weight is 266 g/mol. The summed E-state index contributed by atoms with van der Waals surface area (Å²) in [5, 5.41) is 10.9. The van der Waals surface area contributed by atoms with E-state index in [0.717, 1.165) is 0 Å². The van der Waals surface area contributed by atoms with Gasteiger partial charge >= 0.3 is 5.97 Å². The lowest BCUT2D eigenvalue weighted by Gasteiger charge is -2.11. The van der Waals surface area contributed by atoms with Gasteiger partial charge in [-0.05, 0) is 25.3 Å². The second-order valence-electron chi connectivity index (χ2n) is 4.14. The van der Waals surface area contributed by atoms with Crippen molar-refractivity contribution in [1.82, 2.24) is 0 Å². The number of nitrogens with zero attached hydrogens (tertiary/aromatic N) is 1. The van der Waals surface area contributed by atoms with Crippen LogP contribution in [0.3, 0.4) is 0 Å². The molecule has 0 aliphatic carbocycles. The van der Waals surface area contributed by atoms with Gasteiger partial charge in [-0.25, -0.2) is 0 Å². The first kappa shape index (κ1) is 15.1. The zero-order valence-corrected chi connectivity index (χ0v) is 11.1. The van der Waals surface area contributed by atoms with Gasteiger partial charge in [-0.1, -0.05) is 19.1 Å². The molecule has 0 fully saturated rings. The van der Waals surface area contributed by atoms with E-state index in [1.165, 1.54) is 6.07 Å². The Balaban J connectivity index is 2.88. The predicted molar refractivity (Wildman–Crippen MR) is 70.8 cm³/mol. The molecule has 0 saturated heterocycles. The van der Waals surface area contributed by atoms with Crippen molar-refractivity contribution in [3.05, 3.63) is 39.4 Å². The van der Waals surface area contributed by atoms with Crippen molar-refractivity contribution in [1.29, 1.82) is 0 Å². The van der Waals surface area contributed by atoms with Crippen molar-refractivity contribution in [2.24, 2.45) is 5.73 Å². The van der Waals surface area contributed by atoms with Crippen molar-refractivity contribution in [2.45, 2.75) is 32.7 Å². The third-order valence-electron chi connectivity index (χ3n) is 2.77. The molecule has 1 aromatic carbocycles. The normalized spacial score (nSPS) is 11.9. The summed E-state index contributed by atoms with van der Waals surface area (Å²) in [6, 6.07) is 4.13. The number of aryl methyl sites for hydroxylation is 1. The van der Waals surface area contributed by atoms with Gasteiger partial charge in [0.05, 0.1) is 11.5 Å². The standard InChI is InChI=1S/C13H18N2O4/c1-3-10-6-5-9(8-12(10)15(17)18)7-11(14)13(16)19-4-2/h5-6,8,11H,3-4,7,14H2,1-2H3. The first-order valence-electron chi connectivity index (χ1n) is 6.18. The Morgan fingerprint density at radius 2 is 2.16 bits per heavy atom. The Morgan fingerprint density at radius 3 is 2.68 bits per heavy atom. The van der Waals surface area contributed by atoms with E-state index in [1.54, 1.807) is 19.1 Å². The van der Waals surface area contributed by atoms with Gasteiger partial charge in [0.1, 0.15) is 6.04 Å². The summed E-state index contributed by atoms with van der Waals surface area (Å²) < 4.78 is 4.80. The number of esters is 1. The number of rotatable bonds is 6. The zero-order valence-electron chi connectivity index (χ0n) is 11.1. The Kier molecular flexibility index (Phi) is 5.44. The number of nitro benzene ring substituents is 1. The van der Waals surface area contributed by atoms with E-state index in [1.807, 2.05) is 6.92 Å². The van der Waals surface area contributed by atoms with E-state index in [4.69, 9.17) is 10.5 Å². The average Bonchev–Trinajstić information content (AvgIpc) is 2.38. The minimum atomic E-state index is -0.799. The van der Waals surface area contributed by atoms with E-state index in [0.29, 0.717) is 17.5 Å². The van der Waals surface area contributed by atoms with Gasteiger partial charge in [0.2, 0.25) is 0 Å². The number of benzene rings is 1. The second-order valence-corrected chi connectivity index (χ2v) is 4.14. The molecule has 2 N–H and O–H groups in total. The molecule has 0 radical (unpaired) electrons. The summed E-state index contributed by atoms with van der Waals surface area (Å²) in [6.07, 6.45) is 0.810. The fourth-order valence-electron chi connectivity index (χ4n) is 1.79. The van der Waals surface area contributed by atoms with Crippen LogP contribution in [0, 0.1) is 10.1 Å². The second kappa shape index (κ2) is 6.84. The van der Waals surface area contributed by atoms with E-state index in [2.05, 4.69) is 0 Å². The number of ether oxygens (including phenoxy) is 1. The summed E-state index contributed by atoms with van der Waals surface area (Å²) in [4.78, 5) is 21.9. The van der Waals surface area contributed by atoms with Crippen molar-refractivity contribution >= 4 is 11.7 Å². The molecule has 0 bridgehead atoms. The summed E-state index contributed by atoms with van der Waals surface area (Å²) in [5.74, 6) is -0.496. The van der Waals surface area contributed by atoms with Crippen molar-refractivity contribution in [3.8, 4) is 0 Å². The molecule has 0 aromatic heterocycles. The van der Waals surface area contributed by atoms with Gasteiger partial charge in [0, 0.05) is 11.6 Å². The first-order chi connectivity index (χ1) is 8.99. The van der Waals surface area contributed by atoms with Crippen LogP contribution in [-0.2, 0) is 22.4 Å². The predicted octanol–water partition coefficient (Wildman–Crippen LogP) is 1.59. The highest BCUT2D eigenvalue weighted by molar-refractivity contribution is 5.75. The summed E-state index contributed by atoms with van der Waals surface area (Å²) >= 11 is 0. The highest BCUT2D eigenvalue weighted by atomic mass is 16.6. The Morgan fingerprint density at radius 1 is 1.47 bits per heavy atom. The lowest BCUT2D eigenvalue weighted by atomic mass is 10.0. The number of carbonyl (C=O) groups is 1. The summed E-state index contributed by atoms with van der Waals surface area (Å²) in [6.45, 7) is 3.82. The first-order valence-corrected chi connectivity index (χ1v) is 6.18. The van der Waals surface area contributed by atoms with E-state index < -0.39 is 16.9 Å². The number of hydrogen-bond donors (Lipinski definition) is 1. The van der Waals surface area contributed by atoms with Crippen LogP contribution >= 0.6 is 0 Å². The Bertz CT molecular complexity index is 474. The monoisotopic (exact) mass is 266 g/mol. The molecule has 0 aliphatic heterocycles. The third-order valence-corrected chi connectivity index (χ3v) is 2.77. The van der Waals surface area contributed by atoms with Crippen molar-refractivity contribution < 1.29 is 14.5 Å². The summed E-state index contributed by atoms with van der Waals surface area (Å²) in [5.41, 5.74) is 7.08. The van der Waals surface area contributed by atoms with E-state index in [9.17, 15) is 14.9 Å². The molecule has 0 spiro atoms. The SMILES string of the molecule is CCOC(=O)C(N)Cc1ccc(CC)c([N+](=O)[O-])c1. The highest BCUT2D eigenvalue weighted by Crippen LogP contribution is 2.21. The Hall–Kier alpha value is -1.95. The molecule has 1 atom stereocenters. The number of nitro groups is 1. The van der Waals surface area contributed by atoms with Gasteiger partial charge in [0.25, 0.3) is 5.69 Å². The van der Waals surface area contributed by atoms with Crippen LogP contribution in [0.2, 0.25) is 0 Å². The van der Waals surface area contributed by atoms with Crippen LogP contribution in [0.15, 0.2) is 18.2 Å². The van der Waals surface area contributed by atoms with Gasteiger partial charge < -0.3 is 10.5 Å². The largest absolute Gasteiger partial charge is 0.465 e. The maximum absolute atomic E-state index is 11.4. The highest BCUT2D eigenvalue weighted by Gasteiger charge is 2.18. The number of carbonyl (C=O) groups excluding carboxylic acids is 1. The van der Waals surface area contributed by atoms with Crippen LogP contribution < -0.4 is 5.73 Å². The molecule has 0 aliphatic rings. The fourth-order valence-corrected chi connectivity index (χ4v) is 1.79. The van der Waals surface area contributed by atoms with Crippen LogP contribution in [0.25, 0.3) is 0 Å². The van der Waals surface area contributed by atoms with Gasteiger partial charge in [0.15, 0.2) is 0 Å². The lowest BCUT2D eigenvalue weighted by molar-refractivity contribution is -0.385. The maximum Gasteiger partial charge on any atom is 0.323 e. The molecule has 0 heterocycles. The van der Waals surface area contributed by atoms with Gasteiger partial charge in [-0.3, -0.25) is 14.9 Å². The van der Waals surface area contributed by atoms with E-state index >= 15 is 0 Å². The summed E-state index contributed by atoms with van der Waals surface area (Å²) in [7, 11) is 0. The molecule has 0 saturated carbocycles. The van der Waals surface area contributed by atoms with Crippen molar-refractivity contribution in [3.63, 3.8) is 0 Å². The van der Waals surface area contributed by atoms with Crippen LogP contribution in [0.5, 0.6) is 0 Å². The minimum Gasteiger partial charge on any atom is -0.465 e.